The quantitative estimate of drug-likeness (QED) is 0.710. The van der Waals surface area contributed by atoms with Crippen LogP contribution in [0.4, 0.5) is 0 Å². The van der Waals surface area contributed by atoms with Crippen LogP contribution >= 0.6 is 0 Å². The molecule has 90 valence electrons. The molecule has 1 nitrogen and oxygen atoms in total. The zero-order valence-electron chi connectivity index (χ0n) is 10.3. The summed E-state index contributed by atoms with van der Waals surface area (Å²) in [7, 11) is 0. The number of hydrogen-bond donors (Lipinski definition) is 0. The van der Waals surface area contributed by atoms with E-state index in [2.05, 4.69) is 36.4 Å². The van der Waals surface area contributed by atoms with Gasteiger partial charge in [-0.15, -0.1) is 0 Å². The Balaban J connectivity index is 1.75. The maximum atomic E-state index is 11.3. The van der Waals surface area contributed by atoms with Crippen molar-refractivity contribution in [3.05, 3.63) is 47.5 Å². The van der Waals surface area contributed by atoms with Crippen LogP contribution < -0.4 is 0 Å². The van der Waals surface area contributed by atoms with E-state index in [1.165, 1.54) is 17.6 Å². The van der Waals surface area contributed by atoms with Crippen LogP contribution in [0.5, 0.6) is 0 Å². The van der Waals surface area contributed by atoms with Gasteiger partial charge in [0.05, 0.1) is 0 Å². The highest BCUT2D eigenvalue weighted by Crippen LogP contribution is 2.20. The minimum absolute atomic E-state index is 0.430. The fraction of sp³-hybridized carbons (Fsp3) is 0.438. The topological polar surface area (TPSA) is 17.1 Å². The van der Waals surface area contributed by atoms with Crippen LogP contribution in [0.15, 0.2) is 42.0 Å². The van der Waals surface area contributed by atoms with Crippen molar-refractivity contribution in [2.75, 3.05) is 0 Å². The summed E-state index contributed by atoms with van der Waals surface area (Å²) in [6.45, 7) is 0. The average molecular weight is 228 g/mol. The molecule has 0 radical (unpaired) electrons. The zero-order valence-corrected chi connectivity index (χ0v) is 10.3. The summed E-state index contributed by atoms with van der Waals surface area (Å²) in [5.41, 5.74) is 2.91. The van der Waals surface area contributed by atoms with Gasteiger partial charge in [0.2, 0.25) is 0 Å². The van der Waals surface area contributed by atoms with E-state index in [0.717, 1.165) is 38.5 Å². The van der Waals surface area contributed by atoms with E-state index in [0.29, 0.717) is 5.78 Å². The SMILES string of the molecule is O=C1CCC=C(CCCc2ccccc2)CC1. The third kappa shape index (κ3) is 4.18. The number of carbonyl (C=O) groups excluding carboxylic acids is 1. The number of carbonyl (C=O) groups is 1. The van der Waals surface area contributed by atoms with Crippen molar-refractivity contribution in [2.24, 2.45) is 0 Å². The number of Topliss-reactive ketones (excluding diaryl/α,β-unsaturated/α-hetero) is 1. The molecule has 17 heavy (non-hydrogen) atoms. The zero-order chi connectivity index (χ0) is 11.9. The minimum Gasteiger partial charge on any atom is -0.300 e. The first-order chi connectivity index (χ1) is 8.34. The molecule has 0 heterocycles. The molecule has 1 heteroatoms. The highest BCUT2D eigenvalue weighted by Gasteiger charge is 2.08. The van der Waals surface area contributed by atoms with Gasteiger partial charge in [-0.3, -0.25) is 4.79 Å². The lowest BCUT2D eigenvalue weighted by atomic mass is 10.0. The van der Waals surface area contributed by atoms with E-state index < -0.39 is 0 Å². The van der Waals surface area contributed by atoms with Gasteiger partial charge in [-0.25, -0.2) is 0 Å². The molecule has 0 atom stereocenters. The highest BCUT2D eigenvalue weighted by molar-refractivity contribution is 5.79. The Morgan fingerprint density at radius 3 is 2.59 bits per heavy atom. The van der Waals surface area contributed by atoms with E-state index >= 15 is 0 Å². The van der Waals surface area contributed by atoms with Crippen LogP contribution in [0.2, 0.25) is 0 Å². The predicted octanol–water partition coefficient (Wildman–Crippen LogP) is 4.08. The predicted molar refractivity (Wildman–Crippen MR) is 70.9 cm³/mol. The Labute approximate surface area is 104 Å². The van der Waals surface area contributed by atoms with Gasteiger partial charge in [0.25, 0.3) is 0 Å². The fourth-order valence-corrected chi connectivity index (χ4v) is 2.36. The average Bonchev–Trinajstić information content (AvgIpc) is 2.56. The Morgan fingerprint density at radius 2 is 1.76 bits per heavy atom. The number of rotatable bonds is 4. The van der Waals surface area contributed by atoms with Crippen LogP contribution in [-0.4, -0.2) is 5.78 Å². The Hall–Kier alpha value is -1.37. The van der Waals surface area contributed by atoms with Crippen LogP contribution in [0.3, 0.4) is 0 Å². The van der Waals surface area contributed by atoms with Crippen LogP contribution in [-0.2, 0) is 11.2 Å². The molecule has 1 aromatic carbocycles. The Morgan fingerprint density at radius 1 is 0.941 bits per heavy atom. The van der Waals surface area contributed by atoms with Crippen molar-refractivity contribution >= 4 is 5.78 Å². The molecule has 0 saturated carbocycles. The lowest BCUT2D eigenvalue weighted by Gasteiger charge is -2.05. The lowest BCUT2D eigenvalue weighted by Crippen LogP contribution is -1.94. The molecule has 0 unspecified atom stereocenters. The molecule has 0 bridgehead atoms. The van der Waals surface area contributed by atoms with E-state index in [1.54, 1.807) is 0 Å². The van der Waals surface area contributed by atoms with Crippen molar-refractivity contribution in [1.29, 1.82) is 0 Å². The molecule has 0 saturated heterocycles. The Bertz CT molecular complexity index is 389. The summed E-state index contributed by atoms with van der Waals surface area (Å²) in [6, 6.07) is 10.6. The van der Waals surface area contributed by atoms with Crippen LogP contribution in [0, 0.1) is 0 Å². The molecule has 0 N–H and O–H groups in total. The number of allylic oxidation sites excluding steroid dienone is 2. The van der Waals surface area contributed by atoms with Crippen LogP contribution in [0.1, 0.15) is 44.1 Å². The van der Waals surface area contributed by atoms with Gasteiger partial charge in [-0.2, -0.15) is 0 Å². The molecule has 1 aliphatic carbocycles. The number of benzene rings is 1. The van der Waals surface area contributed by atoms with Crippen LogP contribution in [0.25, 0.3) is 0 Å². The van der Waals surface area contributed by atoms with Gasteiger partial charge in [-0.1, -0.05) is 42.0 Å². The molecule has 0 aromatic heterocycles. The fourth-order valence-electron chi connectivity index (χ4n) is 2.36. The minimum atomic E-state index is 0.430. The van der Waals surface area contributed by atoms with E-state index in [4.69, 9.17) is 0 Å². The summed E-state index contributed by atoms with van der Waals surface area (Å²) in [6.07, 6.45) is 9.25. The summed E-state index contributed by atoms with van der Waals surface area (Å²) < 4.78 is 0. The summed E-state index contributed by atoms with van der Waals surface area (Å²) in [5, 5.41) is 0. The Kier molecular flexibility index (Phi) is 4.54. The smallest absolute Gasteiger partial charge is 0.133 e. The van der Waals surface area contributed by atoms with Crippen molar-refractivity contribution < 1.29 is 4.79 Å². The van der Waals surface area contributed by atoms with Crippen molar-refractivity contribution in [1.82, 2.24) is 0 Å². The third-order valence-corrected chi connectivity index (χ3v) is 3.39. The molecule has 1 aliphatic rings. The largest absolute Gasteiger partial charge is 0.300 e. The van der Waals surface area contributed by atoms with Gasteiger partial charge >= 0.3 is 0 Å². The third-order valence-electron chi connectivity index (χ3n) is 3.39. The normalized spacial score (nSPS) is 16.5. The molecule has 2 rings (SSSR count). The number of hydrogen-bond acceptors (Lipinski definition) is 1. The maximum absolute atomic E-state index is 11.3. The molecule has 1 aromatic rings. The molecule has 0 fully saturated rings. The molecule has 0 amide bonds. The van der Waals surface area contributed by atoms with E-state index in [9.17, 15) is 4.79 Å². The lowest BCUT2D eigenvalue weighted by molar-refractivity contribution is -0.118. The maximum Gasteiger partial charge on any atom is 0.133 e. The van der Waals surface area contributed by atoms with Gasteiger partial charge in [0.1, 0.15) is 5.78 Å². The first-order valence-electron chi connectivity index (χ1n) is 6.58. The second-order valence-corrected chi connectivity index (χ2v) is 4.78. The molecule has 0 spiro atoms. The molecular formula is C16H20O. The molecule has 0 aliphatic heterocycles. The van der Waals surface area contributed by atoms with Gasteiger partial charge in [0, 0.05) is 12.8 Å². The summed E-state index contributed by atoms with van der Waals surface area (Å²) >= 11 is 0. The first kappa shape index (κ1) is 12.1. The number of aryl methyl sites for hydroxylation is 1. The van der Waals surface area contributed by atoms with Crippen molar-refractivity contribution in [2.45, 2.75) is 44.9 Å². The number of ketones is 1. The van der Waals surface area contributed by atoms with E-state index in [-0.39, 0.29) is 0 Å². The highest BCUT2D eigenvalue weighted by atomic mass is 16.1. The van der Waals surface area contributed by atoms with Gasteiger partial charge in [-0.05, 0) is 37.7 Å². The monoisotopic (exact) mass is 228 g/mol. The second-order valence-electron chi connectivity index (χ2n) is 4.78. The first-order valence-corrected chi connectivity index (χ1v) is 6.58. The second kappa shape index (κ2) is 6.39. The van der Waals surface area contributed by atoms with Gasteiger partial charge < -0.3 is 0 Å². The molecular weight excluding hydrogens is 208 g/mol. The van der Waals surface area contributed by atoms with Gasteiger partial charge in [0.15, 0.2) is 0 Å². The summed E-state index contributed by atoms with van der Waals surface area (Å²) in [4.78, 5) is 11.3. The van der Waals surface area contributed by atoms with Crippen molar-refractivity contribution in [3.8, 4) is 0 Å². The van der Waals surface area contributed by atoms with E-state index in [1.807, 2.05) is 0 Å². The standard InChI is InChI=1S/C16H20O/c17-16-11-5-10-15(12-13-16)9-4-8-14-6-2-1-3-7-14/h1-3,6-7,10H,4-5,8-9,11-13H2. The summed E-state index contributed by atoms with van der Waals surface area (Å²) in [5.74, 6) is 0.430. The van der Waals surface area contributed by atoms with Crippen molar-refractivity contribution in [3.63, 3.8) is 0 Å².